The standard InChI is InChI=1S/C13H14Cl2OS/c14-10-5-6-11(15)13(7-10)17-8-12(16)9-3-1-2-4-9/h5-7,9H,1-4,8H2. The predicted octanol–water partition coefficient (Wildman–Crippen LogP) is 4.84. The van der Waals surface area contributed by atoms with E-state index in [1.807, 2.05) is 6.07 Å². The number of rotatable bonds is 4. The highest BCUT2D eigenvalue weighted by Crippen LogP contribution is 2.32. The molecule has 1 fully saturated rings. The second kappa shape index (κ2) is 6.12. The summed E-state index contributed by atoms with van der Waals surface area (Å²) in [6.45, 7) is 0. The molecular formula is C13H14Cl2OS. The van der Waals surface area contributed by atoms with E-state index in [0.717, 1.165) is 17.7 Å². The minimum atomic E-state index is 0.278. The molecule has 0 N–H and O–H groups in total. The molecule has 0 amide bonds. The van der Waals surface area contributed by atoms with Crippen molar-refractivity contribution in [3.8, 4) is 0 Å². The molecule has 0 spiro atoms. The van der Waals surface area contributed by atoms with Crippen LogP contribution in [0.25, 0.3) is 0 Å². The van der Waals surface area contributed by atoms with Crippen LogP contribution >= 0.6 is 35.0 Å². The maximum absolute atomic E-state index is 11.9. The van der Waals surface area contributed by atoms with Crippen molar-refractivity contribution in [3.05, 3.63) is 28.2 Å². The number of ketones is 1. The zero-order valence-electron chi connectivity index (χ0n) is 9.42. The average molecular weight is 289 g/mol. The van der Waals surface area contributed by atoms with Gasteiger partial charge in [-0.1, -0.05) is 36.0 Å². The fourth-order valence-corrected chi connectivity index (χ4v) is 3.57. The lowest BCUT2D eigenvalue weighted by atomic mass is 10.0. The van der Waals surface area contributed by atoms with E-state index < -0.39 is 0 Å². The summed E-state index contributed by atoms with van der Waals surface area (Å²) in [5.41, 5.74) is 0. The van der Waals surface area contributed by atoms with Gasteiger partial charge >= 0.3 is 0 Å². The fraction of sp³-hybridized carbons (Fsp3) is 0.462. The van der Waals surface area contributed by atoms with Crippen LogP contribution in [0.4, 0.5) is 0 Å². The molecule has 92 valence electrons. The summed E-state index contributed by atoms with van der Waals surface area (Å²) in [5, 5.41) is 1.32. The lowest BCUT2D eigenvalue weighted by Crippen LogP contribution is -2.12. The van der Waals surface area contributed by atoms with E-state index in [9.17, 15) is 4.79 Å². The number of benzene rings is 1. The molecule has 0 saturated heterocycles. The smallest absolute Gasteiger partial charge is 0.146 e. The summed E-state index contributed by atoms with van der Waals surface area (Å²) in [6.07, 6.45) is 4.50. The summed E-state index contributed by atoms with van der Waals surface area (Å²) in [5.74, 6) is 1.13. The normalized spacial score (nSPS) is 16.4. The Hall–Kier alpha value is -0.180. The first-order valence-corrected chi connectivity index (χ1v) is 7.51. The van der Waals surface area contributed by atoms with Crippen molar-refractivity contribution in [3.63, 3.8) is 0 Å². The van der Waals surface area contributed by atoms with E-state index in [1.165, 1.54) is 24.6 Å². The summed E-state index contributed by atoms with van der Waals surface area (Å²) in [4.78, 5) is 12.8. The van der Waals surface area contributed by atoms with Crippen LogP contribution in [0.2, 0.25) is 10.0 Å². The van der Waals surface area contributed by atoms with Gasteiger partial charge in [0.1, 0.15) is 5.78 Å². The van der Waals surface area contributed by atoms with Gasteiger partial charge in [-0.25, -0.2) is 0 Å². The first-order valence-electron chi connectivity index (χ1n) is 5.77. The maximum Gasteiger partial charge on any atom is 0.146 e. The van der Waals surface area contributed by atoms with E-state index >= 15 is 0 Å². The van der Waals surface area contributed by atoms with E-state index in [-0.39, 0.29) is 5.92 Å². The quantitative estimate of drug-likeness (QED) is 0.737. The second-order valence-corrected chi connectivity index (χ2v) is 6.17. The first kappa shape index (κ1) is 13.3. The van der Waals surface area contributed by atoms with Gasteiger partial charge < -0.3 is 0 Å². The van der Waals surface area contributed by atoms with E-state index in [2.05, 4.69) is 0 Å². The van der Waals surface area contributed by atoms with Crippen molar-refractivity contribution < 1.29 is 4.79 Å². The number of halogens is 2. The van der Waals surface area contributed by atoms with Crippen LogP contribution in [0.5, 0.6) is 0 Å². The molecule has 0 atom stereocenters. The molecular weight excluding hydrogens is 275 g/mol. The highest BCUT2D eigenvalue weighted by molar-refractivity contribution is 8.00. The van der Waals surface area contributed by atoms with Gasteiger partial charge in [-0.05, 0) is 31.0 Å². The molecule has 1 nitrogen and oxygen atoms in total. The average Bonchev–Trinajstić information content (AvgIpc) is 2.83. The Morgan fingerprint density at radius 1 is 1.29 bits per heavy atom. The van der Waals surface area contributed by atoms with Gasteiger partial charge in [-0.3, -0.25) is 4.79 Å². The SMILES string of the molecule is O=C(CSc1cc(Cl)ccc1Cl)C1CCCC1. The molecule has 1 saturated carbocycles. The molecule has 2 rings (SSSR count). The largest absolute Gasteiger partial charge is 0.298 e. The topological polar surface area (TPSA) is 17.1 Å². The molecule has 1 aromatic carbocycles. The number of hydrogen-bond acceptors (Lipinski definition) is 2. The van der Waals surface area contributed by atoms with Crippen molar-refractivity contribution >= 4 is 40.7 Å². The van der Waals surface area contributed by atoms with Crippen molar-refractivity contribution in [2.24, 2.45) is 5.92 Å². The van der Waals surface area contributed by atoms with E-state index in [0.29, 0.717) is 21.6 Å². The number of thioether (sulfide) groups is 1. The van der Waals surface area contributed by atoms with Gasteiger partial charge in [0.25, 0.3) is 0 Å². The van der Waals surface area contributed by atoms with E-state index in [4.69, 9.17) is 23.2 Å². The third-order valence-electron chi connectivity index (χ3n) is 3.07. The maximum atomic E-state index is 11.9. The molecule has 1 aliphatic carbocycles. The Morgan fingerprint density at radius 2 is 2.00 bits per heavy atom. The fourth-order valence-electron chi connectivity index (χ4n) is 2.10. The van der Waals surface area contributed by atoms with Crippen LogP contribution < -0.4 is 0 Å². The summed E-state index contributed by atoms with van der Waals surface area (Å²) in [7, 11) is 0. The Balaban J connectivity index is 1.92. The van der Waals surface area contributed by atoms with Crippen LogP contribution in [0.3, 0.4) is 0 Å². The Kier molecular flexibility index (Phi) is 4.78. The Morgan fingerprint density at radius 3 is 2.71 bits per heavy atom. The highest BCUT2D eigenvalue weighted by Gasteiger charge is 2.22. The van der Waals surface area contributed by atoms with Crippen LogP contribution in [-0.2, 0) is 4.79 Å². The van der Waals surface area contributed by atoms with Crippen molar-refractivity contribution in [2.45, 2.75) is 30.6 Å². The summed E-state index contributed by atoms with van der Waals surface area (Å²) in [6, 6.07) is 5.34. The number of Topliss-reactive ketones (excluding diaryl/α,β-unsaturated/α-hetero) is 1. The Bertz CT molecular complexity index is 414. The molecule has 0 aliphatic heterocycles. The molecule has 0 bridgehead atoms. The van der Waals surface area contributed by atoms with Gasteiger partial charge in [-0.15, -0.1) is 11.8 Å². The van der Waals surface area contributed by atoms with Crippen LogP contribution in [0.1, 0.15) is 25.7 Å². The molecule has 0 unspecified atom stereocenters. The number of carbonyl (C=O) groups excluding carboxylic acids is 1. The first-order chi connectivity index (χ1) is 8.16. The zero-order chi connectivity index (χ0) is 12.3. The molecule has 17 heavy (non-hydrogen) atoms. The van der Waals surface area contributed by atoms with Gasteiger partial charge in [0, 0.05) is 15.8 Å². The number of carbonyl (C=O) groups is 1. The third kappa shape index (κ3) is 3.64. The molecule has 1 aromatic rings. The van der Waals surface area contributed by atoms with Crippen LogP contribution in [-0.4, -0.2) is 11.5 Å². The van der Waals surface area contributed by atoms with Gasteiger partial charge in [0.15, 0.2) is 0 Å². The highest BCUT2D eigenvalue weighted by atomic mass is 35.5. The van der Waals surface area contributed by atoms with Gasteiger partial charge in [-0.2, -0.15) is 0 Å². The van der Waals surface area contributed by atoms with Crippen molar-refractivity contribution in [2.75, 3.05) is 5.75 Å². The third-order valence-corrected chi connectivity index (χ3v) is 4.83. The monoisotopic (exact) mass is 288 g/mol. The minimum absolute atomic E-state index is 0.278. The van der Waals surface area contributed by atoms with Gasteiger partial charge in [0.05, 0.1) is 10.8 Å². The summed E-state index contributed by atoms with van der Waals surface area (Å²) < 4.78 is 0. The second-order valence-electron chi connectivity index (χ2n) is 4.31. The lowest BCUT2D eigenvalue weighted by molar-refractivity contribution is -0.120. The predicted molar refractivity (Wildman–Crippen MR) is 74.2 cm³/mol. The molecule has 0 heterocycles. The van der Waals surface area contributed by atoms with E-state index in [1.54, 1.807) is 12.1 Å². The van der Waals surface area contributed by atoms with Gasteiger partial charge in [0.2, 0.25) is 0 Å². The number of hydrogen-bond donors (Lipinski definition) is 0. The Labute approximate surface area is 116 Å². The minimum Gasteiger partial charge on any atom is -0.298 e. The molecule has 4 heteroatoms. The van der Waals surface area contributed by atoms with Crippen molar-refractivity contribution in [1.82, 2.24) is 0 Å². The lowest BCUT2D eigenvalue weighted by Gasteiger charge is -2.08. The van der Waals surface area contributed by atoms with Crippen LogP contribution in [0.15, 0.2) is 23.1 Å². The zero-order valence-corrected chi connectivity index (χ0v) is 11.7. The molecule has 1 aliphatic rings. The molecule has 0 radical (unpaired) electrons. The molecule has 0 aromatic heterocycles. The van der Waals surface area contributed by atoms with Crippen LogP contribution in [0, 0.1) is 5.92 Å². The van der Waals surface area contributed by atoms with Crippen molar-refractivity contribution in [1.29, 1.82) is 0 Å². The summed E-state index contributed by atoms with van der Waals surface area (Å²) >= 11 is 13.4.